The zero-order valence-electron chi connectivity index (χ0n) is 10.7. The lowest BCUT2D eigenvalue weighted by atomic mass is 10.1. The van der Waals surface area contributed by atoms with Crippen molar-refractivity contribution in [2.24, 2.45) is 5.92 Å². The lowest BCUT2D eigenvalue weighted by Gasteiger charge is -2.21. The second-order valence-corrected chi connectivity index (χ2v) is 4.80. The number of carbonyl (C=O) groups is 1. The Kier molecular flexibility index (Phi) is 5.77. The fraction of sp³-hybridized carbons (Fsp3) is 0.917. The molecule has 4 heteroatoms. The van der Waals surface area contributed by atoms with Gasteiger partial charge in [0.2, 0.25) is 5.91 Å². The zero-order chi connectivity index (χ0) is 12.0. The van der Waals surface area contributed by atoms with Gasteiger partial charge in [-0.25, -0.2) is 0 Å². The fourth-order valence-corrected chi connectivity index (χ4v) is 1.76. The van der Waals surface area contributed by atoms with Crippen molar-refractivity contribution in [1.29, 1.82) is 0 Å². The van der Waals surface area contributed by atoms with Gasteiger partial charge in [0.05, 0.1) is 0 Å². The Morgan fingerprint density at radius 2 is 2.31 bits per heavy atom. The van der Waals surface area contributed by atoms with Crippen LogP contribution in [0.4, 0.5) is 0 Å². The van der Waals surface area contributed by atoms with Gasteiger partial charge in [-0.3, -0.25) is 4.79 Å². The second kappa shape index (κ2) is 6.86. The van der Waals surface area contributed by atoms with Gasteiger partial charge in [-0.05, 0) is 45.7 Å². The van der Waals surface area contributed by atoms with Gasteiger partial charge >= 0.3 is 0 Å². The first-order chi connectivity index (χ1) is 7.61. The SMILES string of the molecule is CC(C)N(C)C(=O)COCCC1CCNC1. The maximum atomic E-state index is 11.6. The Morgan fingerprint density at radius 3 is 2.88 bits per heavy atom. The van der Waals surface area contributed by atoms with Crippen LogP contribution in [0.25, 0.3) is 0 Å². The Morgan fingerprint density at radius 1 is 1.56 bits per heavy atom. The lowest BCUT2D eigenvalue weighted by molar-refractivity contribution is -0.136. The third-order valence-electron chi connectivity index (χ3n) is 3.23. The number of likely N-dealkylation sites (N-methyl/N-ethyl adjacent to an activating group) is 1. The molecular formula is C12H24N2O2. The number of amides is 1. The summed E-state index contributed by atoms with van der Waals surface area (Å²) in [6.45, 7) is 7.14. The van der Waals surface area contributed by atoms with E-state index >= 15 is 0 Å². The molecule has 1 aliphatic rings. The monoisotopic (exact) mass is 228 g/mol. The third-order valence-corrected chi connectivity index (χ3v) is 3.23. The van der Waals surface area contributed by atoms with Gasteiger partial charge in [0, 0.05) is 19.7 Å². The van der Waals surface area contributed by atoms with Crippen LogP contribution >= 0.6 is 0 Å². The normalized spacial score (nSPS) is 20.4. The molecule has 0 spiro atoms. The van der Waals surface area contributed by atoms with Crippen molar-refractivity contribution in [2.45, 2.75) is 32.7 Å². The van der Waals surface area contributed by atoms with E-state index in [2.05, 4.69) is 5.32 Å². The van der Waals surface area contributed by atoms with Crippen LogP contribution in [0.2, 0.25) is 0 Å². The topological polar surface area (TPSA) is 41.6 Å². The quantitative estimate of drug-likeness (QED) is 0.686. The van der Waals surface area contributed by atoms with Crippen molar-refractivity contribution in [1.82, 2.24) is 10.2 Å². The van der Waals surface area contributed by atoms with Crippen molar-refractivity contribution >= 4 is 5.91 Å². The average molecular weight is 228 g/mol. The largest absolute Gasteiger partial charge is 0.372 e. The Hall–Kier alpha value is -0.610. The third kappa shape index (κ3) is 4.49. The molecule has 1 fully saturated rings. The van der Waals surface area contributed by atoms with E-state index in [1.807, 2.05) is 20.9 Å². The number of hydrogen-bond acceptors (Lipinski definition) is 3. The summed E-state index contributed by atoms with van der Waals surface area (Å²) in [7, 11) is 1.82. The van der Waals surface area contributed by atoms with Crippen molar-refractivity contribution in [3.05, 3.63) is 0 Å². The molecule has 1 saturated heterocycles. The van der Waals surface area contributed by atoms with Crippen LogP contribution in [0.1, 0.15) is 26.7 Å². The van der Waals surface area contributed by atoms with E-state index in [9.17, 15) is 4.79 Å². The molecule has 1 rings (SSSR count). The molecule has 0 aromatic carbocycles. The first-order valence-electron chi connectivity index (χ1n) is 6.15. The molecule has 1 N–H and O–H groups in total. The van der Waals surface area contributed by atoms with Crippen LogP contribution < -0.4 is 5.32 Å². The van der Waals surface area contributed by atoms with Gasteiger partial charge in [-0.2, -0.15) is 0 Å². The van der Waals surface area contributed by atoms with Gasteiger partial charge < -0.3 is 15.0 Å². The summed E-state index contributed by atoms with van der Waals surface area (Å²) in [5.74, 6) is 0.803. The molecule has 0 saturated carbocycles. The van der Waals surface area contributed by atoms with Crippen molar-refractivity contribution in [2.75, 3.05) is 33.4 Å². The summed E-state index contributed by atoms with van der Waals surface area (Å²) in [6.07, 6.45) is 2.30. The molecule has 0 radical (unpaired) electrons. The Bertz CT molecular complexity index is 213. The van der Waals surface area contributed by atoms with E-state index < -0.39 is 0 Å². The summed E-state index contributed by atoms with van der Waals surface area (Å²) in [6, 6.07) is 0.245. The molecule has 16 heavy (non-hydrogen) atoms. The van der Waals surface area contributed by atoms with Crippen LogP contribution in [-0.2, 0) is 9.53 Å². The molecule has 1 atom stereocenters. The summed E-state index contributed by atoms with van der Waals surface area (Å²) in [4.78, 5) is 13.3. The van der Waals surface area contributed by atoms with Crippen LogP contribution in [-0.4, -0.2) is 50.2 Å². The molecule has 0 bridgehead atoms. The average Bonchev–Trinajstić information content (AvgIpc) is 2.75. The number of ether oxygens (including phenoxy) is 1. The predicted molar refractivity (Wildman–Crippen MR) is 64.3 cm³/mol. The van der Waals surface area contributed by atoms with Gasteiger partial charge in [-0.15, -0.1) is 0 Å². The highest BCUT2D eigenvalue weighted by atomic mass is 16.5. The number of carbonyl (C=O) groups excluding carboxylic acids is 1. The minimum Gasteiger partial charge on any atom is -0.372 e. The van der Waals surface area contributed by atoms with Gasteiger partial charge in [0.1, 0.15) is 6.61 Å². The highest BCUT2D eigenvalue weighted by Crippen LogP contribution is 2.11. The number of hydrogen-bond donors (Lipinski definition) is 1. The minimum atomic E-state index is 0.0690. The molecule has 0 aromatic rings. The van der Waals surface area contributed by atoms with Gasteiger partial charge in [0.25, 0.3) is 0 Å². The van der Waals surface area contributed by atoms with E-state index in [-0.39, 0.29) is 18.6 Å². The fourth-order valence-electron chi connectivity index (χ4n) is 1.76. The molecule has 4 nitrogen and oxygen atoms in total. The molecule has 0 aromatic heterocycles. The summed E-state index contributed by atoms with van der Waals surface area (Å²) in [5, 5.41) is 3.32. The predicted octanol–water partition coefficient (Wildman–Crippen LogP) is 0.869. The van der Waals surface area contributed by atoms with E-state index in [0.717, 1.165) is 25.4 Å². The first-order valence-corrected chi connectivity index (χ1v) is 6.15. The van der Waals surface area contributed by atoms with E-state index in [1.54, 1.807) is 4.90 Å². The molecule has 1 heterocycles. The number of rotatable bonds is 6. The summed E-state index contributed by atoms with van der Waals surface area (Å²) in [5.41, 5.74) is 0. The van der Waals surface area contributed by atoms with E-state index in [1.165, 1.54) is 6.42 Å². The number of nitrogens with zero attached hydrogens (tertiary/aromatic N) is 1. The maximum absolute atomic E-state index is 11.6. The minimum absolute atomic E-state index is 0.0690. The van der Waals surface area contributed by atoms with Gasteiger partial charge in [0.15, 0.2) is 0 Å². The van der Waals surface area contributed by atoms with Crippen molar-refractivity contribution < 1.29 is 9.53 Å². The van der Waals surface area contributed by atoms with Crippen LogP contribution in [0.5, 0.6) is 0 Å². The Balaban J connectivity index is 2.03. The second-order valence-electron chi connectivity index (χ2n) is 4.80. The molecule has 1 unspecified atom stereocenters. The smallest absolute Gasteiger partial charge is 0.248 e. The maximum Gasteiger partial charge on any atom is 0.248 e. The zero-order valence-corrected chi connectivity index (χ0v) is 10.7. The van der Waals surface area contributed by atoms with Gasteiger partial charge in [-0.1, -0.05) is 0 Å². The highest BCUT2D eigenvalue weighted by Gasteiger charge is 2.15. The van der Waals surface area contributed by atoms with Crippen LogP contribution in [0.15, 0.2) is 0 Å². The van der Waals surface area contributed by atoms with Crippen LogP contribution in [0, 0.1) is 5.92 Å². The van der Waals surface area contributed by atoms with E-state index in [0.29, 0.717) is 6.61 Å². The Labute approximate surface area is 98.3 Å². The van der Waals surface area contributed by atoms with E-state index in [4.69, 9.17) is 4.74 Å². The summed E-state index contributed by atoms with van der Waals surface area (Å²) >= 11 is 0. The first kappa shape index (κ1) is 13.5. The standard InChI is InChI=1S/C12H24N2O2/c1-10(2)14(3)12(15)9-16-7-5-11-4-6-13-8-11/h10-11,13H,4-9H2,1-3H3. The molecule has 94 valence electrons. The van der Waals surface area contributed by atoms with Crippen molar-refractivity contribution in [3.63, 3.8) is 0 Å². The number of nitrogens with one attached hydrogen (secondary N) is 1. The molecule has 0 aliphatic carbocycles. The summed E-state index contributed by atoms with van der Waals surface area (Å²) < 4.78 is 5.41. The molecule has 1 aliphatic heterocycles. The highest BCUT2D eigenvalue weighted by molar-refractivity contribution is 5.77. The molecule has 1 amide bonds. The molecular weight excluding hydrogens is 204 g/mol. The van der Waals surface area contributed by atoms with Crippen LogP contribution in [0.3, 0.4) is 0 Å². The lowest BCUT2D eigenvalue weighted by Crippen LogP contribution is -2.35. The van der Waals surface area contributed by atoms with Crippen molar-refractivity contribution in [3.8, 4) is 0 Å².